The molecule has 0 spiro atoms. The Hall–Kier alpha value is -0.0800. The van der Waals surface area contributed by atoms with Crippen molar-refractivity contribution in [1.29, 1.82) is 0 Å². The molecule has 0 aliphatic heterocycles. The van der Waals surface area contributed by atoms with Crippen molar-refractivity contribution in [2.45, 2.75) is 32.6 Å². The van der Waals surface area contributed by atoms with Gasteiger partial charge in [0.1, 0.15) is 17.6 Å². The fourth-order valence-corrected chi connectivity index (χ4v) is 2.08. The number of nitrogens with zero attached hydrogens (tertiary/aromatic N) is 2. The molecule has 1 aromatic heterocycles. The van der Waals surface area contributed by atoms with Gasteiger partial charge in [-0.1, -0.05) is 24.9 Å². The van der Waals surface area contributed by atoms with Crippen LogP contribution in [0.15, 0.2) is 0 Å². The third-order valence-electron chi connectivity index (χ3n) is 2.13. The first kappa shape index (κ1) is 16.0. The zero-order valence-corrected chi connectivity index (χ0v) is 12.8. The highest BCUT2D eigenvalue weighted by atomic mass is 127. The molecule has 0 fully saturated rings. The third kappa shape index (κ3) is 5.27. The average molecular weight is 391 g/mol. The highest BCUT2D eigenvalue weighted by molar-refractivity contribution is 14.1. The van der Waals surface area contributed by atoms with Crippen LogP contribution in [-0.2, 0) is 17.6 Å². The van der Waals surface area contributed by atoms with Crippen molar-refractivity contribution in [2.75, 3.05) is 13.2 Å². The normalized spacial score (nSPS) is 11.2. The zero-order chi connectivity index (χ0) is 13.5. The van der Waals surface area contributed by atoms with Crippen LogP contribution in [0.4, 0.5) is 8.78 Å². The highest BCUT2D eigenvalue weighted by Crippen LogP contribution is 2.20. The molecule has 0 amide bonds. The topological polar surface area (TPSA) is 35.0 Å². The van der Waals surface area contributed by atoms with Crippen molar-refractivity contribution < 1.29 is 13.5 Å². The van der Waals surface area contributed by atoms with E-state index in [-0.39, 0.29) is 6.61 Å². The maximum Gasteiger partial charge on any atom is 0.261 e. The molecule has 0 bridgehead atoms. The number of aromatic nitrogens is 2. The van der Waals surface area contributed by atoms with Gasteiger partial charge in [0.15, 0.2) is 0 Å². The lowest BCUT2D eigenvalue weighted by molar-refractivity contribution is 0.0182. The number of hydrogen-bond acceptors (Lipinski definition) is 3. The summed E-state index contributed by atoms with van der Waals surface area (Å²) >= 11 is 8.11. The predicted molar refractivity (Wildman–Crippen MR) is 74.3 cm³/mol. The molecule has 7 heteroatoms. The summed E-state index contributed by atoms with van der Waals surface area (Å²) < 4.78 is 29.4. The SMILES string of the molecule is CCCc1nc(CCOCC(F)F)nc(Cl)c1I. The Morgan fingerprint density at radius 1 is 1.33 bits per heavy atom. The Kier molecular flexibility index (Phi) is 7.25. The van der Waals surface area contributed by atoms with Crippen molar-refractivity contribution in [3.8, 4) is 0 Å². The van der Waals surface area contributed by atoms with Gasteiger partial charge in [-0.3, -0.25) is 0 Å². The molecule has 0 aliphatic carbocycles. The highest BCUT2D eigenvalue weighted by Gasteiger charge is 2.10. The molecular weight excluding hydrogens is 376 g/mol. The van der Waals surface area contributed by atoms with Crippen molar-refractivity contribution in [1.82, 2.24) is 9.97 Å². The standard InChI is InChI=1S/C11H14ClF2IN2O/c1-2-3-7-10(15)11(12)17-9(16-7)4-5-18-6-8(13)14/h8H,2-6H2,1H3. The van der Waals surface area contributed by atoms with Crippen LogP contribution in [0, 0.1) is 3.57 Å². The molecule has 0 saturated heterocycles. The lowest BCUT2D eigenvalue weighted by atomic mass is 10.2. The summed E-state index contributed by atoms with van der Waals surface area (Å²) in [7, 11) is 0. The second-order valence-corrected chi connectivity index (χ2v) is 5.09. The quantitative estimate of drug-likeness (QED) is 0.406. The lowest BCUT2D eigenvalue weighted by Gasteiger charge is -2.08. The van der Waals surface area contributed by atoms with Gasteiger partial charge < -0.3 is 4.74 Å². The van der Waals surface area contributed by atoms with Crippen LogP contribution in [0.2, 0.25) is 5.15 Å². The minimum atomic E-state index is -2.44. The number of halogens is 4. The summed E-state index contributed by atoms with van der Waals surface area (Å²) in [6, 6.07) is 0. The fourth-order valence-electron chi connectivity index (χ4n) is 1.36. The molecule has 0 saturated carbocycles. The van der Waals surface area contributed by atoms with E-state index in [1.807, 2.05) is 0 Å². The molecule has 0 unspecified atom stereocenters. The van der Waals surface area contributed by atoms with Crippen molar-refractivity contribution in [3.05, 3.63) is 20.2 Å². The lowest BCUT2D eigenvalue weighted by Crippen LogP contribution is -2.10. The molecule has 1 aromatic rings. The fraction of sp³-hybridized carbons (Fsp3) is 0.636. The molecule has 0 atom stereocenters. The van der Waals surface area contributed by atoms with Crippen LogP contribution < -0.4 is 0 Å². The van der Waals surface area contributed by atoms with Gasteiger partial charge in [-0.25, -0.2) is 18.7 Å². The molecule has 1 rings (SSSR count). The number of hydrogen-bond donors (Lipinski definition) is 0. The summed E-state index contributed by atoms with van der Waals surface area (Å²) in [5.41, 5.74) is 0.905. The number of alkyl halides is 2. The molecule has 0 aromatic carbocycles. The van der Waals surface area contributed by atoms with Gasteiger partial charge in [0, 0.05) is 6.42 Å². The van der Waals surface area contributed by atoms with Crippen molar-refractivity contribution in [2.24, 2.45) is 0 Å². The van der Waals surface area contributed by atoms with Gasteiger partial charge in [-0.15, -0.1) is 0 Å². The van der Waals surface area contributed by atoms with Gasteiger partial charge in [0.05, 0.1) is 15.9 Å². The summed E-state index contributed by atoms with van der Waals surface area (Å²) in [6.07, 6.45) is -0.266. The minimum absolute atomic E-state index is 0.173. The van der Waals surface area contributed by atoms with E-state index in [9.17, 15) is 8.78 Å². The van der Waals surface area contributed by atoms with Crippen molar-refractivity contribution >= 4 is 34.2 Å². The molecule has 0 radical (unpaired) electrons. The van der Waals surface area contributed by atoms with Crippen molar-refractivity contribution in [3.63, 3.8) is 0 Å². The van der Waals surface area contributed by atoms with E-state index >= 15 is 0 Å². The molecule has 0 aliphatic rings. The smallest absolute Gasteiger partial charge is 0.261 e. The first-order valence-corrected chi connectivity index (χ1v) is 7.07. The van der Waals surface area contributed by atoms with Gasteiger partial charge in [-0.2, -0.15) is 0 Å². The maximum atomic E-state index is 11.9. The van der Waals surface area contributed by atoms with Gasteiger partial charge in [-0.05, 0) is 29.0 Å². The van der Waals surface area contributed by atoms with E-state index in [2.05, 4.69) is 39.5 Å². The van der Waals surface area contributed by atoms with E-state index in [4.69, 9.17) is 16.3 Å². The molecule has 0 N–H and O–H groups in total. The monoisotopic (exact) mass is 390 g/mol. The van der Waals surface area contributed by atoms with Gasteiger partial charge in [0.2, 0.25) is 0 Å². The largest absolute Gasteiger partial charge is 0.375 e. The first-order chi connectivity index (χ1) is 8.54. The number of rotatable bonds is 7. The summed E-state index contributed by atoms with van der Waals surface area (Å²) in [5.74, 6) is 0.540. The third-order valence-corrected chi connectivity index (χ3v) is 3.85. The second kappa shape index (κ2) is 8.16. The Morgan fingerprint density at radius 3 is 2.67 bits per heavy atom. The number of ether oxygens (including phenoxy) is 1. The zero-order valence-electron chi connectivity index (χ0n) is 9.93. The maximum absolute atomic E-state index is 11.9. The van der Waals surface area contributed by atoms with E-state index in [0.717, 1.165) is 22.1 Å². The molecule has 18 heavy (non-hydrogen) atoms. The summed E-state index contributed by atoms with van der Waals surface area (Å²) in [6.45, 7) is 1.67. The van der Waals surface area contributed by atoms with E-state index in [0.29, 0.717) is 17.4 Å². The van der Waals surface area contributed by atoms with Gasteiger partial charge in [0.25, 0.3) is 6.43 Å². The van der Waals surface area contributed by atoms with Crippen LogP contribution in [0.1, 0.15) is 24.9 Å². The second-order valence-electron chi connectivity index (χ2n) is 3.66. The Morgan fingerprint density at radius 2 is 2.06 bits per heavy atom. The van der Waals surface area contributed by atoms with Crippen LogP contribution in [-0.4, -0.2) is 29.6 Å². The van der Waals surface area contributed by atoms with Crippen LogP contribution >= 0.6 is 34.2 Å². The molecule has 102 valence electrons. The number of aryl methyl sites for hydroxylation is 1. The van der Waals surface area contributed by atoms with Crippen LogP contribution in [0.5, 0.6) is 0 Å². The first-order valence-electron chi connectivity index (χ1n) is 5.61. The predicted octanol–water partition coefficient (Wildman–Crippen LogP) is 3.51. The van der Waals surface area contributed by atoms with E-state index in [1.165, 1.54) is 0 Å². The Bertz CT molecular complexity index is 394. The van der Waals surface area contributed by atoms with E-state index < -0.39 is 13.0 Å². The Balaban J connectivity index is 2.60. The van der Waals surface area contributed by atoms with E-state index in [1.54, 1.807) is 0 Å². The molecular formula is C11H14ClF2IN2O. The molecule has 3 nitrogen and oxygen atoms in total. The molecule has 1 heterocycles. The summed E-state index contributed by atoms with van der Waals surface area (Å²) in [4.78, 5) is 8.48. The van der Waals surface area contributed by atoms with Crippen LogP contribution in [0.25, 0.3) is 0 Å². The van der Waals surface area contributed by atoms with Crippen LogP contribution in [0.3, 0.4) is 0 Å². The minimum Gasteiger partial charge on any atom is -0.375 e. The van der Waals surface area contributed by atoms with Gasteiger partial charge >= 0.3 is 0 Å². The average Bonchev–Trinajstić information content (AvgIpc) is 2.31. The summed E-state index contributed by atoms with van der Waals surface area (Å²) in [5, 5.41) is 0.415. The Labute approximate surface area is 123 Å².